The molecule has 16 heavy (non-hydrogen) atoms. The Morgan fingerprint density at radius 3 is 2.69 bits per heavy atom. The molecule has 1 heterocycles. The van der Waals surface area contributed by atoms with Gasteiger partial charge in [0.15, 0.2) is 0 Å². The topological polar surface area (TPSA) is 30.7 Å². The first kappa shape index (κ1) is 11.0. The lowest BCUT2D eigenvalue weighted by atomic mass is 10.0. The molecule has 1 aliphatic rings. The van der Waals surface area contributed by atoms with Crippen LogP contribution in [0.15, 0.2) is 24.2 Å². The van der Waals surface area contributed by atoms with Crippen LogP contribution in [-0.2, 0) is 5.54 Å². The number of aromatic nitrogens is 3. The first-order valence-corrected chi connectivity index (χ1v) is 5.46. The Kier molecular flexibility index (Phi) is 2.66. The molecule has 0 aliphatic heterocycles. The maximum absolute atomic E-state index is 13.1. The molecule has 1 aromatic rings. The van der Waals surface area contributed by atoms with Crippen molar-refractivity contribution in [2.24, 2.45) is 0 Å². The van der Waals surface area contributed by atoms with Gasteiger partial charge >= 0.3 is 0 Å². The van der Waals surface area contributed by atoms with Crippen LogP contribution < -0.4 is 0 Å². The van der Waals surface area contributed by atoms with Gasteiger partial charge in [0.25, 0.3) is 0 Å². The van der Waals surface area contributed by atoms with Crippen molar-refractivity contribution in [1.29, 1.82) is 0 Å². The minimum Gasteiger partial charge on any atom is -0.247 e. The number of rotatable bonds is 1. The van der Waals surface area contributed by atoms with Crippen molar-refractivity contribution in [2.45, 2.75) is 39.2 Å². The Labute approximate surface area is 94.7 Å². The molecule has 2 rings (SSSR count). The minimum atomic E-state index is -0.0945. The molecular weight excluding hydrogens is 205 g/mol. The predicted molar refractivity (Wildman–Crippen MR) is 61.4 cm³/mol. The van der Waals surface area contributed by atoms with Crippen LogP contribution in [0, 0.1) is 0 Å². The van der Waals surface area contributed by atoms with Crippen molar-refractivity contribution < 1.29 is 4.39 Å². The molecule has 0 radical (unpaired) electrons. The lowest BCUT2D eigenvalue weighted by molar-refractivity contribution is 0.347. The van der Waals surface area contributed by atoms with E-state index >= 15 is 0 Å². The zero-order valence-corrected chi connectivity index (χ0v) is 9.87. The van der Waals surface area contributed by atoms with Crippen LogP contribution in [0.2, 0.25) is 0 Å². The number of hydrogen-bond donors (Lipinski definition) is 0. The largest absolute Gasteiger partial charge is 0.247 e. The molecule has 0 amide bonds. The van der Waals surface area contributed by atoms with E-state index in [1.165, 1.54) is 0 Å². The van der Waals surface area contributed by atoms with Gasteiger partial charge in [0.2, 0.25) is 0 Å². The molecule has 3 nitrogen and oxygen atoms in total. The highest BCUT2D eigenvalue weighted by Gasteiger charge is 2.17. The zero-order chi connectivity index (χ0) is 11.8. The van der Waals surface area contributed by atoms with E-state index in [2.05, 4.69) is 31.1 Å². The first-order chi connectivity index (χ1) is 7.47. The maximum Gasteiger partial charge on any atom is 0.112 e. The van der Waals surface area contributed by atoms with Gasteiger partial charge in [0.05, 0.1) is 11.7 Å². The summed E-state index contributed by atoms with van der Waals surface area (Å²) in [7, 11) is 0. The van der Waals surface area contributed by atoms with Crippen LogP contribution in [0.3, 0.4) is 0 Å². The lowest BCUT2D eigenvalue weighted by Gasteiger charge is -2.17. The number of halogens is 1. The predicted octanol–water partition coefficient (Wildman–Crippen LogP) is 3.06. The monoisotopic (exact) mass is 221 g/mol. The third kappa shape index (κ3) is 2.21. The number of nitrogens with zero attached hydrogens (tertiary/aromatic N) is 3. The van der Waals surface area contributed by atoms with Crippen LogP contribution >= 0.6 is 0 Å². The van der Waals surface area contributed by atoms with Gasteiger partial charge in [-0.1, -0.05) is 11.3 Å². The highest BCUT2D eigenvalue weighted by molar-refractivity contribution is 5.72. The average molecular weight is 221 g/mol. The molecule has 0 aromatic carbocycles. The van der Waals surface area contributed by atoms with Gasteiger partial charge < -0.3 is 0 Å². The van der Waals surface area contributed by atoms with Crippen LogP contribution in [-0.4, -0.2) is 15.0 Å². The summed E-state index contributed by atoms with van der Waals surface area (Å²) in [5.74, 6) is -0.0807. The van der Waals surface area contributed by atoms with Crippen molar-refractivity contribution in [2.75, 3.05) is 0 Å². The average Bonchev–Trinajstić information content (AvgIpc) is 2.65. The maximum atomic E-state index is 13.1. The molecule has 0 bridgehead atoms. The summed E-state index contributed by atoms with van der Waals surface area (Å²) in [5, 5.41) is 8.14. The molecule has 0 fully saturated rings. The van der Waals surface area contributed by atoms with Gasteiger partial charge in [-0.05, 0) is 33.3 Å². The van der Waals surface area contributed by atoms with Gasteiger partial charge in [-0.15, -0.1) is 5.10 Å². The van der Waals surface area contributed by atoms with E-state index in [-0.39, 0.29) is 11.4 Å². The fraction of sp³-hybridized carbons (Fsp3) is 0.500. The smallest absolute Gasteiger partial charge is 0.112 e. The molecule has 1 aromatic heterocycles. The molecule has 86 valence electrons. The SMILES string of the molecule is CC(C)(C)n1cc(C2=CCCC(F)=C2)nn1. The van der Waals surface area contributed by atoms with E-state index in [1.807, 2.05) is 12.3 Å². The highest BCUT2D eigenvalue weighted by Crippen LogP contribution is 2.25. The minimum absolute atomic E-state index is 0.0807. The summed E-state index contributed by atoms with van der Waals surface area (Å²) in [4.78, 5) is 0. The molecule has 0 unspecified atom stereocenters. The standard InChI is InChI=1S/C12H16FN3/c1-12(2,3)16-8-11(14-15-16)9-5-4-6-10(13)7-9/h5,7-8H,4,6H2,1-3H3. The summed E-state index contributed by atoms with van der Waals surface area (Å²) in [6, 6.07) is 0. The Hall–Kier alpha value is -1.45. The van der Waals surface area contributed by atoms with Gasteiger partial charge in [-0.3, -0.25) is 0 Å². The summed E-state index contributed by atoms with van der Waals surface area (Å²) < 4.78 is 14.9. The lowest BCUT2D eigenvalue weighted by Crippen LogP contribution is -2.22. The molecule has 4 heteroatoms. The molecule has 0 atom stereocenters. The normalized spacial score (nSPS) is 17.0. The molecule has 0 saturated carbocycles. The molecular formula is C12H16FN3. The zero-order valence-electron chi connectivity index (χ0n) is 9.87. The fourth-order valence-electron chi connectivity index (χ4n) is 1.57. The van der Waals surface area contributed by atoms with Gasteiger partial charge in [-0.2, -0.15) is 0 Å². The van der Waals surface area contributed by atoms with Gasteiger partial charge in [0.1, 0.15) is 11.5 Å². The fourth-order valence-corrected chi connectivity index (χ4v) is 1.57. The summed E-state index contributed by atoms with van der Waals surface area (Å²) in [6.07, 6.45) is 6.64. The van der Waals surface area contributed by atoms with E-state index in [0.717, 1.165) is 17.7 Å². The van der Waals surface area contributed by atoms with Gasteiger partial charge in [0, 0.05) is 12.0 Å². The third-order valence-electron chi connectivity index (χ3n) is 2.54. The third-order valence-corrected chi connectivity index (χ3v) is 2.54. The summed E-state index contributed by atoms with van der Waals surface area (Å²) in [6.45, 7) is 6.16. The molecule has 0 saturated heterocycles. The van der Waals surface area contributed by atoms with Crippen LogP contribution in [0.5, 0.6) is 0 Å². The van der Waals surface area contributed by atoms with E-state index in [1.54, 1.807) is 10.8 Å². The van der Waals surface area contributed by atoms with Crippen molar-refractivity contribution in [3.8, 4) is 0 Å². The second kappa shape index (κ2) is 3.85. The first-order valence-electron chi connectivity index (χ1n) is 5.46. The van der Waals surface area contributed by atoms with E-state index in [4.69, 9.17) is 0 Å². The van der Waals surface area contributed by atoms with E-state index in [0.29, 0.717) is 6.42 Å². The van der Waals surface area contributed by atoms with Crippen LogP contribution in [0.1, 0.15) is 39.3 Å². The Morgan fingerprint density at radius 1 is 1.38 bits per heavy atom. The molecule has 1 aliphatic carbocycles. The quantitative estimate of drug-likeness (QED) is 0.729. The van der Waals surface area contributed by atoms with Crippen molar-refractivity contribution in [1.82, 2.24) is 15.0 Å². The second-order valence-corrected chi connectivity index (χ2v) is 5.01. The van der Waals surface area contributed by atoms with Crippen molar-refractivity contribution in [3.05, 3.63) is 29.9 Å². The van der Waals surface area contributed by atoms with Crippen LogP contribution in [0.4, 0.5) is 4.39 Å². The van der Waals surface area contributed by atoms with Crippen molar-refractivity contribution in [3.63, 3.8) is 0 Å². The molecule has 0 spiro atoms. The molecule has 0 N–H and O–H groups in total. The van der Waals surface area contributed by atoms with Gasteiger partial charge in [-0.25, -0.2) is 9.07 Å². The van der Waals surface area contributed by atoms with E-state index in [9.17, 15) is 4.39 Å². The number of allylic oxidation sites excluding steroid dienone is 4. The van der Waals surface area contributed by atoms with E-state index < -0.39 is 0 Å². The second-order valence-electron chi connectivity index (χ2n) is 5.01. The number of hydrogen-bond acceptors (Lipinski definition) is 2. The summed E-state index contributed by atoms with van der Waals surface area (Å²) >= 11 is 0. The Bertz CT molecular complexity index is 449. The van der Waals surface area contributed by atoms with Crippen LogP contribution in [0.25, 0.3) is 5.57 Å². The summed E-state index contributed by atoms with van der Waals surface area (Å²) in [5.41, 5.74) is 1.48. The Morgan fingerprint density at radius 2 is 2.12 bits per heavy atom. The van der Waals surface area contributed by atoms with Crippen molar-refractivity contribution >= 4 is 5.57 Å². The Balaban J connectivity index is 2.29. The highest BCUT2D eigenvalue weighted by atomic mass is 19.1.